The highest BCUT2D eigenvalue weighted by Crippen LogP contribution is 2.44. The van der Waals surface area contributed by atoms with E-state index in [4.69, 9.17) is 9.16 Å². The molecule has 0 N–H and O–H groups in total. The number of amides is 1. The smallest absolute Gasteiger partial charge is 0.337 e. The van der Waals surface area contributed by atoms with Gasteiger partial charge in [-0.15, -0.1) is 11.8 Å². The monoisotopic (exact) mass is 552 g/mol. The van der Waals surface area contributed by atoms with Crippen LogP contribution < -0.4 is 0 Å². The largest absolute Gasteiger partial charge is 0.459 e. The number of non-ortho nitro benzene ring substituents is 1. The summed E-state index contributed by atoms with van der Waals surface area (Å²) in [5.41, 5.74) is -0.439. The van der Waals surface area contributed by atoms with Crippen molar-refractivity contribution in [3.63, 3.8) is 0 Å². The van der Waals surface area contributed by atoms with Crippen LogP contribution in [-0.2, 0) is 30.2 Å². The molecule has 206 valence electrons. The molecule has 37 heavy (non-hydrogen) atoms. The van der Waals surface area contributed by atoms with E-state index in [9.17, 15) is 24.5 Å². The zero-order valence-electron chi connectivity index (χ0n) is 23.5. The Hall–Kier alpha value is -2.24. The lowest BCUT2D eigenvalue weighted by atomic mass is 9.82. The first-order valence-corrected chi connectivity index (χ1v) is 16.5. The highest BCUT2D eigenvalue weighted by atomic mass is 32.2. The fourth-order valence-corrected chi connectivity index (χ4v) is 6.41. The van der Waals surface area contributed by atoms with Crippen molar-refractivity contribution < 1.29 is 28.5 Å². The van der Waals surface area contributed by atoms with Gasteiger partial charge in [-0.25, -0.2) is 4.79 Å². The van der Waals surface area contributed by atoms with Gasteiger partial charge >= 0.3 is 5.97 Å². The van der Waals surface area contributed by atoms with Gasteiger partial charge in [-0.3, -0.25) is 19.7 Å². The average Bonchev–Trinajstić information content (AvgIpc) is 2.76. The number of carbonyl (C=O) groups excluding carboxylic acids is 3. The number of esters is 1. The quantitative estimate of drug-likeness (QED) is 0.0974. The van der Waals surface area contributed by atoms with Gasteiger partial charge in [-0.05, 0) is 49.0 Å². The van der Waals surface area contributed by atoms with Gasteiger partial charge in [0.1, 0.15) is 6.61 Å². The summed E-state index contributed by atoms with van der Waals surface area (Å²) in [4.78, 5) is 51.9. The number of carbonyl (C=O) groups is 3. The van der Waals surface area contributed by atoms with E-state index in [1.54, 1.807) is 20.8 Å². The van der Waals surface area contributed by atoms with Gasteiger partial charge in [0.2, 0.25) is 5.91 Å². The number of ether oxygens (including phenoxy) is 1. The van der Waals surface area contributed by atoms with E-state index in [1.165, 1.54) is 40.9 Å². The molecule has 1 aliphatic rings. The number of rotatable bonds is 10. The second kappa shape index (κ2) is 11.2. The van der Waals surface area contributed by atoms with Crippen molar-refractivity contribution in [3.8, 4) is 0 Å². The Morgan fingerprint density at radius 1 is 1.14 bits per heavy atom. The standard InChI is InChI=1S/C26H40N2O7SSi/c1-16(35-37(9,10)26(5,6)7)19-22(30)27(23(19)36-8)20(21(29)25(2,3)4)24(31)34-15-17-11-13-18(14-12-17)28(32)33/h11-14,16,19-20,23H,15H2,1-10H3/t16-,19+,20?,23-/m1/s1. The molecule has 0 bridgehead atoms. The summed E-state index contributed by atoms with van der Waals surface area (Å²) in [7, 11) is -2.15. The first-order chi connectivity index (χ1) is 16.8. The molecule has 1 aliphatic heterocycles. The molecule has 0 aliphatic carbocycles. The van der Waals surface area contributed by atoms with Gasteiger partial charge in [0.05, 0.1) is 22.3 Å². The Bertz CT molecular complexity index is 1030. The number of nitro groups is 1. The lowest BCUT2D eigenvalue weighted by Crippen LogP contribution is -2.70. The third-order valence-corrected chi connectivity index (χ3v) is 12.7. The predicted molar refractivity (Wildman–Crippen MR) is 147 cm³/mol. The van der Waals surface area contributed by atoms with E-state index in [0.717, 1.165) is 0 Å². The maximum absolute atomic E-state index is 13.5. The molecule has 1 fully saturated rings. The normalized spacial score (nSPS) is 20.2. The van der Waals surface area contributed by atoms with Crippen LogP contribution in [0.2, 0.25) is 18.1 Å². The molecule has 1 amide bonds. The highest BCUT2D eigenvalue weighted by molar-refractivity contribution is 7.99. The van der Waals surface area contributed by atoms with E-state index < -0.39 is 47.7 Å². The van der Waals surface area contributed by atoms with Gasteiger partial charge in [0, 0.05) is 17.5 Å². The minimum absolute atomic E-state index is 0.0327. The second-order valence-corrected chi connectivity index (χ2v) is 17.7. The fourth-order valence-electron chi connectivity index (χ4n) is 3.90. The zero-order valence-corrected chi connectivity index (χ0v) is 25.3. The van der Waals surface area contributed by atoms with Crippen LogP contribution in [0.15, 0.2) is 24.3 Å². The number of nitrogens with zero attached hydrogens (tertiary/aromatic N) is 2. The number of thioether (sulfide) groups is 1. The Labute approximate surface area is 224 Å². The summed E-state index contributed by atoms with van der Waals surface area (Å²) in [5.74, 6) is -2.02. The number of likely N-dealkylation sites (tertiary alicyclic amines) is 1. The summed E-state index contributed by atoms with van der Waals surface area (Å²) in [6.45, 7) is 17.5. The lowest BCUT2D eigenvalue weighted by molar-refractivity contribution is -0.384. The van der Waals surface area contributed by atoms with Crippen LogP contribution in [0.1, 0.15) is 54.0 Å². The summed E-state index contributed by atoms with van der Waals surface area (Å²) in [6.07, 6.45) is 1.47. The summed E-state index contributed by atoms with van der Waals surface area (Å²) in [5, 5.41) is 10.4. The van der Waals surface area contributed by atoms with Crippen molar-refractivity contribution >= 4 is 43.4 Å². The molecule has 1 heterocycles. The number of hydrogen-bond donors (Lipinski definition) is 0. The number of ketones is 1. The van der Waals surface area contributed by atoms with Crippen molar-refractivity contribution in [2.75, 3.05) is 6.26 Å². The van der Waals surface area contributed by atoms with E-state index in [1.807, 2.05) is 13.2 Å². The number of Topliss-reactive ketones (excluding diaryl/α,β-unsaturated/α-hetero) is 1. The second-order valence-electron chi connectivity index (χ2n) is 12.0. The number of nitro benzene ring substituents is 1. The molecule has 4 atom stereocenters. The van der Waals surface area contributed by atoms with Crippen LogP contribution in [-0.4, -0.2) is 59.6 Å². The van der Waals surface area contributed by atoms with E-state index >= 15 is 0 Å². The summed E-state index contributed by atoms with van der Waals surface area (Å²) >= 11 is 1.40. The SMILES string of the molecule is CS[C@@H]1[C@@H]([C@@H](C)O[Si](C)(C)C(C)(C)C)C(=O)N1C(C(=O)OCc1ccc([N+](=O)[O-])cc1)C(=O)C(C)(C)C. The van der Waals surface area contributed by atoms with Crippen LogP contribution in [0.3, 0.4) is 0 Å². The lowest BCUT2D eigenvalue weighted by Gasteiger charge is -2.52. The van der Waals surface area contributed by atoms with E-state index in [-0.39, 0.29) is 29.3 Å². The molecule has 2 rings (SSSR count). The third-order valence-electron chi connectivity index (χ3n) is 7.17. The van der Waals surface area contributed by atoms with Crippen LogP contribution in [0.25, 0.3) is 0 Å². The Balaban J connectivity index is 2.27. The Morgan fingerprint density at radius 3 is 2.11 bits per heavy atom. The van der Waals surface area contributed by atoms with Gasteiger partial charge < -0.3 is 14.1 Å². The molecule has 0 spiro atoms. The highest BCUT2D eigenvalue weighted by Gasteiger charge is 2.58. The predicted octanol–water partition coefficient (Wildman–Crippen LogP) is 5.18. The molecule has 1 aromatic rings. The molecule has 0 saturated carbocycles. The van der Waals surface area contributed by atoms with Crippen molar-refractivity contribution in [3.05, 3.63) is 39.9 Å². The van der Waals surface area contributed by atoms with Gasteiger partial charge in [0.25, 0.3) is 5.69 Å². The van der Waals surface area contributed by atoms with Crippen molar-refractivity contribution in [2.24, 2.45) is 11.3 Å². The number of β-lactam (4-membered cyclic amide) rings is 1. The third kappa shape index (κ3) is 6.80. The number of benzene rings is 1. The first-order valence-electron chi connectivity index (χ1n) is 12.3. The van der Waals surface area contributed by atoms with Crippen molar-refractivity contribution in [2.45, 2.75) is 90.7 Å². The number of hydrogen-bond acceptors (Lipinski definition) is 8. The molecule has 9 nitrogen and oxygen atoms in total. The molecule has 1 aromatic carbocycles. The van der Waals surface area contributed by atoms with Crippen LogP contribution >= 0.6 is 11.8 Å². The maximum atomic E-state index is 13.5. The first kappa shape index (κ1) is 31.0. The average molecular weight is 553 g/mol. The fraction of sp³-hybridized carbons (Fsp3) is 0.654. The topological polar surface area (TPSA) is 116 Å². The molecule has 1 saturated heterocycles. The van der Waals surface area contributed by atoms with Crippen LogP contribution in [0.4, 0.5) is 5.69 Å². The molecule has 11 heteroatoms. The molecular weight excluding hydrogens is 512 g/mol. The van der Waals surface area contributed by atoms with Crippen molar-refractivity contribution in [1.29, 1.82) is 0 Å². The molecule has 0 radical (unpaired) electrons. The van der Waals surface area contributed by atoms with Gasteiger partial charge in [0.15, 0.2) is 20.1 Å². The Morgan fingerprint density at radius 2 is 1.68 bits per heavy atom. The Kier molecular flexibility index (Phi) is 9.41. The minimum Gasteiger partial charge on any atom is -0.459 e. The molecule has 1 unspecified atom stereocenters. The van der Waals surface area contributed by atoms with Crippen molar-refractivity contribution in [1.82, 2.24) is 4.90 Å². The zero-order chi connectivity index (χ0) is 28.5. The molecule has 0 aromatic heterocycles. The van der Waals surface area contributed by atoms with Gasteiger partial charge in [-0.2, -0.15) is 0 Å². The van der Waals surface area contributed by atoms with Crippen LogP contribution in [0.5, 0.6) is 0 Å². The van der Waals surface area contributed by atoms with E-state index in [2.05, 4.69) is 33.9 Å². The molecular formula is C26H40N2O7SSi. The van der Waals surface area contributed by atoms with Gasteiger partial charge in [-0.1, -0.05) is 41.5 Å². The summed E-state index contributed by atoms with van der Waals surface area (Å²) in [6, 6.07) is 4.22. The minimum atomic E-state index is -2.15. The maximum Gasteiger partial charge on any atom is 0.337 e. The summed E-state index contributed by atoms with van der Waals surface area (Å²) < 4.78 is 12.0. The van der Waals surface area contributed by atoms with E-state index in [0.29, 0.717) is 5.56 Å². The van der Waals surface area contributed by atoms with Crippen LogP contribution in [0, 0.1) is 21.4 Å².